The van der Waals surface area contributed by atoms with Gasteiger partial charge in [0.1, 0.15) is 12.4 Å². The van der Waals surface area contributed by atoms with E-state index in [9.17, 15) is 0 Å². The smallest absolute Gasteiger partial charge is 0.127 e. The third-order valence-electron chi connectivity index (χ3n) is 8.34. The van der Waals surface area contributed by atoms with Crippen molar-refractivity contribution in [1.82, 2.24) is 0 Å². The molecule has 1 heterocycles. The predicted octanol–water partition coefficient (Wildman–Crippen LogP) is 14.6. The van der Waals surface area contributed by atoms with Crippen LogP contribution in [0.1, 0.15) is 148 Å². The molecule has 4 aromatic carbocycles. The Hall–Kier alpha value is -3.32. The summed E-state index contributed by atoms with van der Waals surface area (Å²) in [6.45, 7) is 25.6. The van der Waals surface area contributed by atoms with E-state index in [4.69, 9.17) is 4.74 Å². The molecular formula is C47H70O. The van der Waals surface area contributed by atoms with Crippen LogP contribution in [0.25, 0.3) is 22.3 Å². The van der Waals surface area contributed by atoms with Crippen LogP contribution in [-0.4, -0.2) is 0 Å². The van der Waals surface area contributed by atoms with Crippen molar-refractivity contribution in [3.8, 4) is 28.0 Å². The van der Waals surface area contributed by atoms with Gasteiger partial charge >= 0.3 is 0 Å². The van der Waals surface area contributed by atoms with Gasteiger partial charge < -0.3 is 4.74 Å². The van der Waals surface area contributed by atoms with Crippen LogP contribution in [0.4, 0.5) is 0 Å². The van der Waals surface area contributed by atoms with E-state index in [1.54, 1.807) is 11.1 Å². The zero-order valence-corrected chi connectivity index (χ0v) is 33.1. The largest absolute Gasteiger partial charge is 0.488 e. The lowest BCUT2D eigenvalue weighted by molar-refractivity contribution is 0.302. The zero-order chi connectivity index (χ0) is 35.9. The molecule has 0 amide bonds. The van der Waals surface area contributed by atoms with E-state index in [1.165, 1.54) is 101 Å². The third kappa shape index (κ3) is 12.0. The molecule has 0 N–H and O–H groups in total. The molecule has 1 aliphatic carbocycles. The number of hydrogen-bond acceptors (Lipinski definition) is 1. The summed E-state index contributed by atoms with van der Waals surface area (Å²) in [4.78, 5) is 0. The Morgan fingerprint density at radius 1 is 0.396 bits per heavy atom. The number of benzene rings is 4. The summed E-state index contributed by atoms with van der Waals surface area (Å²) >= 11 is 0. The SMILES string of the molecule is CC.CC.CC.CC.CCCc1ccc2c(c1)CCc1cc(CCC)ccc1-2.CCCc1ccc2c(c1)COc1cc(CCC)ccc1-2. The molecule has 2 aliphatic rings. The molecule has 0 fully saturated rings. The van der Waals surface area contributed by atoms with Crippen molar-refractivity contribution in [3.63, 3.8) is 0 Å². The second-order valence-corrected chi connectivity index (χ2v) is 11.6. The highest BCUT2D eigenvalue weighted by Crippen LogP contribution is 2.39. The number of fused-ring (bicyclic) bond motifs is 6. The number of rotatable bonds is 8. The first kappa shape index (κ1) is 42.7. The molecule has 0 saturated carbocycles. The Balaban J connectivity index is 0.000000398. The van der Waals surface area contributed by atoms with Crippen LogP contribution in [0.3, 0.4) is 0 Å². The van der Waals surface area contributed by atoms with Crippen molar-refractivity contribution in [2.75, 3.05) is 0 Å². The Morgan fingerprint density at radius 2 is 0.708 bits per heavy atom. The van der Waals surface area contributed by atoms with Crippen molar-refractivity contribution >= 4 is 0 Å². The van der Waals surface area contributed by atoms with Crippen molar-refractivity contribution in [1.29, 1.82) is 0 Å². The van der Waals surface area contributed by atoms with E-state index in [1.807, 2.05) is 55.4 Å². The van der Waals surface area contributed by atoms with Crippen molar-refractivity contribution in [2.45, 2.75) is 154 Å². The van der Waals surface area contributed by atoms with E-state index in [-0.39, 0.29) is 0 Å². The normalized spacial score (nSPS) is 11.1. The zero-order valence-electron chi connectivity index (χ0n) is 33.1. The van der Waals surface area contributed by atoms with Gasteiger partial charge in [0, 0.05) is 5.56 Å². The minimum absolute atomic E-state index is 0.704. The molecule has 0 aromatic heterocycles. The van der Waals surface area contributed by atoms with Gasteiger partial charge in [-0.3, -0.25) is 0 Å². The van der Waals surface area contributed by atoms with Crippen LogP contribution in [0.2, 0.25) is 0 Å². The fourth-order valence-electron chi connectivity index (χ4n) is 6.37. The van der Waals surface area contributed by atoms with Gasteiger partial charge in [0.15, 0.2) is 0 Å². The second-order valence-electron chi connectivity index (χ2n) is 11.6. The topological polar surface area (TPSA) is 9.23 Å². The average molecular weight is 651 g/mol. The average Bonchev–Trinajstić information content (AvgIpc) is 3.15. The van der Waals surface area contributed by atoms with Crippen LogP contribution in [0.15, 0.2) is 72.8 Å². The first-order chi connectivity index (χ1) is 23.6. The van der Waals surface area contributed by atoms with E-state index in [2.05, 4.69) is 100 Å². The van der Waals surface area contributed by atoms with Crippen molar-refractivity contribution in [3.05, 3.63) is 112 Å². The van der Waals surface area contributed by atoms with Crippen LogP contribution >= 0.6 is 0 Å². The molecule has 264 valence electrons. The minimum atomic E-state index is 0.704. The third-order valence-corrected chi connectivity index (χ3v) is 8.34. The summed E-state index contributed by atoms with van der Waals surface area (Å²) in [5.74, 6) is 1.05. The molecular weight excluding hydrogens is 581 g/mol. The Kier molecular flexibility index (Phi) is 22.0. The quantitative estimate of drug-likeness (QED) is 0.184. The molecule has 1 aliphatic heterocycles. The van der Waals surface area contributed by atoms with Crippen molar-refractivity contribution < 1.29 is 4.74 Å². The lowest BCUT2D eigenvalue weighted by Crippen LogP contribution is -2.06. The highest BCUT2D eigenvalue weighted by Gasteiger charge is 2.18. The Labute approximate surface area is 297 Å². The van der Waals surface area contributed by atoms with Gasteiger partial charge in [0.2, 0.25) is 0 Å². The van der Waals surface area contributed by atoms with E-state index in [0.717, 1.165) is 18.6 Å². The summed E-state index contributed by atoms with van der Waals surface area (Å²) in [5, 5.41) is 0. The first-order valence-corrected chi connectivity index (χ1v) is 19.7. The van der Waals surface area contributed by atoms with Gasteiger partial charge in [-0.05, 0) is 100 Å². The molecule has 0 unspecified atom stereocenters. The van der Waals surface area contributed by atoms with Gasteiger partial charge in [0.05, 0.1) is 0 Å². The van der Waals surface area contributed by atoms with Crippen LogP contribution < -0.4 is 4.74 Å². The fraction of sp³-hybridized carbons (Fsp3) is 0.489. The summed E-state index contributed by atoms with van der Waals surface area (Å²) in [6.07, 6.45) is 11.9. The highest BCUT2D eigenvalue weighted by molar-refractivity contribution is 5.76. The van der Waals surface area contributed by atoms with Crippen LogP contribution in [-0.2, 0) is 45.1 Å². The summed E-state index contributed by atoms with van der Waals surface area (Å²) in [7, 11) is 0. The van der Waals surface area contributed by atoms with Gasteiger partial charge in [0.25, 0.3) is 0 Å². The molecule has 4 aromatic rings. The second kappa shape index (κ2) is 24.8. The number of ether oxygens (including phenoxy) is 1. The molecule has 0 bridgehead atoms. The van der Waals surface area contributed by atoms with Gasteiger partial charge in [-0.2, -0.15) is 0 Å². The Morgan fingerprint density at radius 3 is 1.08 bits per heavy atom. The Bertz CT molecular complexity index is 1220. The molecule has 0 atom stereocenters. The molecule has 0 spiro atoms. The molecule has 1 nitrogen and oxygen atoms in total. The maximum absolute atomic E-state index is 5.97. The lowest BCUT2D eigenvalue weighted by Gasteiger charge is -2.22. The maximum Gasteiger partial charge on any atom is 0.127 e. The predicted molar refractivity (Wildman–Crippen MR) is 217 cm³/mol. The molecule has 6 rings (SSSR count). The van der Waals surface area contributed by atoms with Crippen molar-refractivity contribution in [2.24, 2.45) is 0 Å². The molecule has 0 radical (unpaired) electrons. The monoisotopic (exact) mass is 651 g/mol. The lowest BCUT2D eigenvalue weighted by atomic mass is 9.83. The van der Waals surface area contributed by atoms with Gasteiger partial charge in [-0.15, -0.1) is 0 Å². The summed E-state index contributed by atoms with van der Waals surface area (Å²) in [6, 6.07) is 27.7. The van der Waals surface area contributed by atoms with Gasteiger partial charge in [-0.1, -0.05) is 175 Å². The standard InChI is InChI=1S/C20H24.C19H22O.4C2H6/c1-3-5-15-7-11-19-17(13-15)9-10-18-14-16(6-4-2)8-12-20(18)19;1-3-5-14-7-9-17-16(11-14)13-20-19-12-15(6-4-2)8-10-18(17)19;4*1-2/h7-8,11-14H,3-6,9-10H2,1-2H3;7-12H,3-6,13H2,1-2H3;4*1-2H3. The number of aryl methyl sites for hydroxylation is 6. The van der Waals surface area contributed by atoms with E-state index in [0.29, 0.717) is 6.61 Å². The highest BCUT2D eigenvalue weighted by atomic mass is 16.5. The molecule has 1 heteroatoms. The molecule has 48 heavy (non-hydrogen) atoms. The number of hydrogen-bond donors (Lipinski definition) is 0. The summed E-state index contributed by atoms with van der Waals surface area (Å²) in [5.41, 5.74) is 15.7. The van der Waals surface area contributed by atoms with Gasteiger partial charge in [-0.25, -0.2) is 0 Å². The minimum Gasteiger partial charge on any atom is -0.488 e. The first-order valence-electron chi connectivity index (χ1n) is 19.7. The van der Waals surface area contributed by atoms with E-state index < -0.39 is 0 Å². The maximum atomic E-state index is 5.97. The molecule has 0 saturated heterocycles. The van der Waals surface area contributed by atoms with Crippen LogP contribution in [0.5, 0.6) is 5.75 Å². The summed E-state index contributed by atoms with van der Waals surface area (Å²) < 4.78 is 5.97. The fourth-order valence-corrected chi connectivity index (χ4v) is 6.37. The van der Waals surface area contributed by atoms with Crippen LogP contribution in [0, 0.1) is 0 Å². The van der Waals surface area contributed by atoms with E-state index >= 15 is 0 Å².